The highest BCUT2D eigenvalue weighted by atomic mass is 19.4. The summed E-state index contributed by atoms with van der Waals surface area (Å²) in [6.07, 6.45) is -1.78. The van der Waals surface area contributed by atoms with Gasteiger partial charge in [-0.05, 0) is 12.5 Å². The molecule has 0 aliphatic carbocycles. The zero-order valence-corrected chi connectivity index (χ0v) is 10.3. The van der Waals surface area contributed by atoms with Crippen molar-refractivity contribution in [3.8, 4) is 0 Å². The van der Waals surface area contributed by atoms with E-state index in [-0.39, 0.29) is 6.54 Å². The van der Waals surface area contributed by atoms with E-state index in [1.807, 2.05) is 24.4 Å². The fraction of sp³-hybridized carbons (Fsp3) is 0.500. The van der Waals surface area contributed by atoms with Gasteiger partial charge in [0.15, 0.2) is 11.9 Å². The maximum absolute atomic E-state index is 11.9. The van der Waals surface area contributed by atoms with Crippen LogP contribution in [0.25, 0.3) is 0 Å². The van der Waals surface area contributed by atoms with E-state index >= 15 is 0 Å². The third-order valence-corrected chi connectivity index (χ3v) is 2.52. The number of rotatable bonds is 4. The van der Waals surface area contributed by atoms with Crippen LogP contribution in [-0.4, -0.2) is 18.6 Å². The first-order valence-corrected chi connectivity index (χ1v) is 5.64. The second-order valence-corrected chi connectivity index (χ2v) is 4.05. The van der Waals surface area contributed by atoms with E-state index in [9.17, 15) is 18.0 Å². The van der Waals surface area contributed by atoms with Gasteiger partial charge < -0.3 is 5.32 Å². The average molecular weight is 261 g/mol. The highest BCUT2D eigenvalue weighted by Gasteiger charge is 2.28. The van der Waals surface area contributed by atoms with Gasteiger partial charge in [-0.25, -0.2) is 0 Å². The number of amides is 1. The molecule has 1 heterocycles. The van der Waals surface area contributed by atoms with Gasteiger partial charge in [-0.15, -0.1) is 0 Å². The number of hydrogen-bond donors (Lipinski definition) is 1. The Kier molecular flexibility index (Phi) is 4.69. The molecule has 0 unspecified atom stereocenters. The normalized spacial score (nSPS) is 11.4. The van der Waals surface area contributed by atoms with Crippen LogP contribution in [0, 0.1) is 6.92 Å². The molecule has 0 atom stereocenters. The first kappa shape index (κ1) is 14.5. The van der Waals surface area contributed by atoms with Crippen molar-refractivity contribution in [1.29, 1.82) is 0 Å². The molecule has 1 aromatic heterocycles. The summed E-state index contributed by atoms with van der Waals surface area (Å²) in [5, 5.41) is 1.85. The summed E-state index contributed by atoms with van der Waals surface area (Å²) in [7, 11) is 0. The highest BCUT2D eigenvalue weighted by Crippen LogP contribution is 2.11. The number of nitrogens with zero attached hydrogens (tertiary/aromatic N) is 1. The fourth-order valence-corrected chi connectivity index (χ4v) is 1.46. The molecule has 0 spiro atoms. The van der Waals surface area contributed by atoms with Crippen LogP contribution in [0.2, 0.25) is 0 Å². The predicted molar refractivity (Wildman–Crippen MR) is 59.8 cm³/mol. The molecule has 0 aliphatic rings. The molecule has 18 heavy (non-hydrogen) atoms. The maximum Gasteiger partial charge on any atom is 0.405 e. The number of alkyl halides is 3. The first-order valence-electron chi connectivity index (χ1n) is 5.64. The van der Waals surface area contributed by atoms with E-state index in [0.29, 0.717) is 0 Å². The Morgan fingerprint density at radius 3 is 2.61 bits per heavy atom. The van der Waals surface area contributed by atoms with Gasteiger partial charge in [-0.2, -0.15) is 17.7 Å². The topological polar surface area (TPSA) is 33.0 Å². The van der Waals surface area contributed by atoms with Crippen LogP contribution in [0.4, 0.5) is 13.2 Å². The molecule has 1 amide bonds. The Hall–Kier alpha value is -1.59. The van der Waals surface area contributed by atoms with E-state index in [2.05, 4.69) is 0 Å². The SMILES string of the molecule is CCc1ccc(C)[n+](CC(=O)NCC(F)(F)F)c1. The Bertz CT molecular complexity index is 430. The first-order chi connectivity index (χ1) is 8.31. The van der Waals surface area contributed by atoms with Gasteiger partial charge in [0.2, 0.25) is 6.54 Å². The fourth-order valence-electron chi connectivity index (χ4n) is 1.46. The molecule has 3 nitrogen and oxygen atoms in total. The summed E-state index contributed by atoms with van der Waals surface area (Å²) in [5.74, 6) is -0.645. The molecule has 0 fully saturated rings. The number of halogens is 3. The van der Waals surface area contributed by atoms with Gasteiger partial charge in [0.1, 0.15) is 6.54 Å². The lowest BCUT2D eigenvalue weighted by Gasteiger charge is -2.07. The van der Waals surface area contributed by atoms with Crippen LogP contribution in [-0.2, 0) is 17.8 Å². The molecule has 1 aromatic rings. The number of aromatic nitrogens is 1. The van der Waals surface area contributed by atoms with Crippen molar-refractivity contribution in [3.63, 3.8) is 0 Å². The number of carbonyl (C=O) groups is 1. The predicted octanol–water partition coefficient (Wildman–Crippen LogP) is 1.52. The number of pyridine rings is 1. The van der Waals surface area contributed by atoms with Crippen LogP contribution in [0.3, 0.4) is 0 Å². The molecule has 0 saturated heterocycles. The van der Waals surface area contributed by atoms with Crippen molar-refractivity contribution in [2.75, 3.05) is 6.54 Å². The van der Waals surface area contributed by atoms with E-state index in [0.717, 1.165) is 17.7 Å². The Morgan fingerprint density at radius 2 is 2.06 bits per heavy atom. The van der Waals surface area contributed by atoms with Gasteiger partial charge >= 0.3 is 6.18 Å². The lowest BCUT2D eigenvalue weighted by molar-refractivity contribution is -0.690. The third-order valence-electron chi connectivity index (χ3n) is 2.52. The summed E-state index contributed by atoms with van der Waals surface area (Å²) in [5.41, 5.74) is 1.86. The molecule has 0 radical (unpaired) electrons. The molecule has 0 aromatic carbocycles. The van der Waals surface area contributed by atoms with Crippen LogP contribution >= 0.6 is 0 Å². The molecular weight excluding hydrogens is 245 g/mol. The molecule has 100 valence electrons. The summed E-state index contributed by atoms with van der Waals surface area (Å²) in [4.78, 5) is 11.4. The summed E-state index contributed by atoms with van der Waals surface area (Å²) < 4.78 is 37.4. The Labute approximate surface area is 104 Å². The molecule has 6 heteroatoms. The van der Waals surface area contributed by atoms with Gasteiger partial charge in [0.05, 0.1) is 0 Å². The van der Waals surface area contributed by atoms with E-state index in [4.69, 9.17) is 0 Å². The van der Waals surface area contributed by atoms with Crippen molar-refractivity contribution in [2.45, 2.75) is 33.0 Å². The molecular formula is C12H16F3N2O+. The number of aryl methyl sites for hydroxylation is 2. The second kappa shape index (κ2) is 5.84. The minimum atomic E-state index is -4.37. The van der Waals surface area contributed by atoms with Gasteiger partial charge in [-0.3, -0.25) is 4.79 Å². The minimum Gasteiger partial charge on any atom is -0.341 e. The van der Waals surface area contributed by atoms with Gasteiger partial charge in [0.25, 0.3) is 5.91 Å². The van der Waals surface area contributed by atoms with Crippen molar-refractivity contribution in [3.05, 3.63) is 29.6 Å². The summed E-state index contributed by atoms with van der Waals surface area (Å²) in [6.45, 7) is 2.38. The van der Waals surface area contributed by atoms with Crippen LogP contribution in [0.5, 0.6) is 0 Å². The number of carbonyl (C=O) groups excluding carboxylic acids is 1. The minimum absolute atomic E-state index is 0.101. The zero-order chi connectivity index (χ0) is 13.8. The highest BCUT2D eigenvalue weighted by molar-refractivity contribution is 5.74. The molecule has 1 N–H and O–H groups in total. The second-order valence-electron chi connectivity index (χ2n) is 4.05. The molecule has 0 saturated carbocycles. The van der Waals surface area contributed by atoms with Crippen molar-refractivity contribution < 1.29 is 22.5 Å². The van der Waals surface area contributed by atoms with Crippen molar-refractivity contribution in [2.24, 2.45) is 0 Å². The van der Waals surface area contributed by atoms with Crippen LogP contribution in [0.1, 0.15) is 18.2 Å². The molecule has 0 bridgehead atoms. The van der Waals surface area contributed by atoms with Gasteiger partial charge in [0, 0.05) is 18.6 Å². The molecule has 1 rings (SSSR count). The number of nitrogens with one attached hydrogen (secondary N) is 1. The largest absolute Gasteiger partial charge is 0.405 e. The monoisotopic (exact) mass is 261 g/mol. The zero-order valence-electron chi connectivity index (χ0n) is 10.3. The summed E-state index contributed by atoms with van der Waals surface area (Å²) >= 11 is 0. The standard InChI is InChI=1S/C12H15F3N2O/c1-3-10-5-4-9(2)17(6-10)7-11(18)16-8-12(13,14)15/h4-6H,3,7-8H2,1-2H3/p+1. The van der Waals surface area contributed by atoms with E-state index < -0.39 is 18.6 Å². The quantitative estimate of drug-likeness (QED) is 0.819. The van der Waals surface area contributed by atoms with Crippen LogP contribution in [0.15, 0.2) is 18.3 Å². The lowest BCUT2D eigenvalue weighted by Crippen LogP contribution is -2.46. The lowest BCUT2D eigenvalue weighted by atomic mass is 10.2. The summed E-state index contributed by atoms with van der Waals surface area (Å²) in [6, 6.07) is 3.77. The third kappa shape index (κ3) is 4.73. The van der Waals surface area contributed by atoms with Gasteiger partial charge in [-0.1, -0.05) is 6.92 Å². The smallest absolute Gasteiger partial charge is 0.341 e. The average Bonchev–Trinajstić information content (AvgIpc) is 2.28. The Balaban J connectivity index is 2.64. The van der Waals surface area contributed by atoms with E-state index in [1.165, 1.54) is 0 Å². The number of hydrogen-bond acceptors (Lipinski definition) is 1. The molecule has 0 aliphatic heterocycles. The maximum atomic E-state index is 11.9. The van der Waals surface area contributed by atoms with Crippen molar-refractivity contribution >= 4 is 5.91 Å². The Morgan fingerprint density at radius 1 is 1.39 bits per heavy atom. The van der Waals surface area contributed by atoms with E-state index in [1.54, 1.807) is 17.7 Å². The van der Waals surface area contributed by atoms with Crippen LogP contribution < -0.4 is 9.88 Å². The van der Waals surface area contributed by atoms with Crippen molar-refractivity contribution in [1.82, 2.24) is 5.32 Å².